The van der Waals surface area contributed by atoms with E-state index in [-0.39, 0.29) is 10.3 Å². The van der Waals surface area contributed by atoms with E-state index in [1.165, 1.54) is 0 Å². The van der Waals surface area contributed by atoms with Gasteiger partial charge in [-0.15, -0.1) is 0 Å². The predicted molar refractivity (Wildman–Crippen MR) is 66.2 cm³/mol. The van der Waals surface area contributed by atoms with Gasteiger partial charge in [-0.2, -0.15) is 25.3 Å². The van der Waals surface area contributed by atoms with E-state index >= 15 is 0 Å². The van der Waals surface area contributed by atoms with Gasteiger partial charge < -0.3 is 4.74 Å². The molecule has 0 aliphatic carbocycles. The third kappa shape index (κ3) is 6.69. The zero-order chi connectivity index (χ0) is 10.5. The fourth-order valence-corrected chi connectivity index (χ4v) is 1.21. The summed E-state index contributed by atoms with van der Waals surface area (Å²) in [7, 11) is 0. The summed E-state index contributed by atoms with van der Waals surface area (Å²) in [6, 6.07) is 0. The Morgan fingerprint density at radius 2 is 1.77 bits per heavy atom. The van der Waals surface area contributed by atoms with Crippen LogP contribution in [0, 0.1) is 0 Å². The second-order valence-corrected chi connectivity index (χ2v) is 5.90. The van der Waals surface area contributed by atoms with E-state index in [1.807, 2.05) is 0 Å². The van der Waals surface area contributed by atoms with E-state index < -0.39 is 0 Å². The van der Waals surface area contributed by atoms with Crippen molar-refractivity contribution in [3.05, 3.63) is 0 Å². The van der Waals surface area contributed by atoms with Crippen LogP contribution in [0.1, 0.15) is 40.5 Å². The third-order valence-electron chi connectivity index (χ3n) is 2.25. The second-order valence-electron chi connectivity index (χ2n) is 4.37. The van der Waals surface area contributed by atoms with E-state index in [0.717, 1.165) is 25.2 Å². The molecule has 0 N–H and O–H groups in total. The predicted octanol–water partition coefficient (Wildman–Crippen LogP) is 3.20. The molecule has 0 heterocycles. The molecule has 0 amide bonds. The standard InChI is InChI=1S/C10H22OS2/c1-5-10(4,8-12)11-7-6-9(2,3)13/h12-13H,5-8H2,1-4H3. The molecule has 0 aromatic rings. The maximum absolute atomic E-state index is 5.78. The highest BCUT2D eigenvalue weighted by Gasteiger charge is 2.21. The molecule has 0 aromatic heterocycles. The molecule has 0 spiro atoms. The van der Waals surface area contributed by atoms with Gasteiger partial charge in [0.05, 0.1) is 5.60 Å². The van der Waals surface area contributed by atoms with Crippen molar-refractivity contribution >= 4 is 25.3 Å². The fraction of sp³-hybridized carbons (Fsp3) is 1.00. The third-order valence-corrected chi connectivity index (χ3v) is 3.14. The number of hydrogen-bond donors (Lipinski definition) is 2. The number of thiol groups is 2. The minimum absolute atomic E-state index is 0.0608. The van der Waals surface area contributed by atoms with Crippen molar-refractivity contribution in [2.75, 3.05) is 12.4 Å². The maximum Gasteiger partial charge on any atom is 0.0739 e. The second kappa shape index (κ2) is 5.52. The van der Waals surface area contributed by atoms with Gasteiger partial charge in [-0.05, 0) is 19.8 Å². The molecule has 13 heavy (non-hydrogen) atoms. The summed E-state index contributed by atoms with van der Waals surface area (Å²) in [5, 5.41) is 0. The summed E-state index contributed by atoms with van der Waals surface area (Å²) >= 11 is 8.73. The summed E-state index contributed by atoms with van der Waals surface area (Å²) in [6.07, 6.45) is 1.98. The first-order chi connectivity index (χ1) is 5.83. The molecule has 0 rings (SSSR count). The lowest BCUT2D eigenvalue weighted by Crippen LogP contribution is -2.31. The van der Waals surface area contributed by atoms with Gasteiger partial charge in [-0.1, -0.05) is 20.8 Å². The van der Waals surface area contributed by atoms with Gasteiger partial charge in [0.2, 0.25) is 0 Å². The van der Waals surface area contributed by atoms with Crippen LogP contribution in [-0.4, -0.2) is 22.7 Å². The average Bonchev–Trinajstić information content (AvgIpc) is 2.02. The van der Waals surface area contributed by atoms with E-state index in [9.17, 15) is 0 Å². The fourth-order valence-electron chi connectivity index (χ4n) is 0.807. The smallest absolute Gasteiger partial charge is 0.0739 e. The van der Waals surface area contributed by atoms with Crippen molar-refractivity contribution in [1.82, 2.24) is 0 Å². The van der Waals surface area contributed by atoms with Gasteiger partial charge >= 0.3 is 0 Å². The van der Waals surface area contributed by atoms with Crippen LogP contribution in [0.3, 0.4) is 0 Å². The molecule has 0 bridgehead atoms. The lowest BCUT2D eigenvalue weighted by Gasteiger charge is -2.28. The topological polar surface area (TPSA) is 9.23 Å². The van der Waals surface area contributed by atoms with Crippen molar-refractivity contribution in [2.45, 2.75) is 50.9 Å². The number of ether oxygens (including phenoxy) is 1. The molecule has 1 atom stereocenters. The van der Waals surface area contributed by atoms with E-state index in [0.29, 0.717) is 0 Å². The van der Waals surface area contributed by atoms with Crippen LogP contribution >= 0.6 is 25.3 Å². The Bertz CT molecular complexity index is 136. The molecule has 80 valence electrons. The van der Waals surface area contributed by atoms with Gasteiger partial charge in [0.15, 0.2) is 0 Å². The molecular weight excluding hydrogens is 200 g/mol. The molecule has 0 aliphatic heterocycles. The molecule has 0 saturated heterocycles. The van der Waals surface area contributed by atoms with E-state index in [4.69, 9.17) is 4.74 Å². The van der Waals surface area contributed by atoms with Crippen molar-refractivity contribution in [2.24, 2.45) is 0 Å². The summed E-state index contributed by atoms with van der Waals surface area (Å²) in [5.74, 6) is 0.774. The molecule has 0 saturated carbocycles. The summed E-state index contributed by atoms with van der Waals surface area (Å²) in [5.41, 5.74) is -0.0673. The van der Waals surface area contributed by atoms with Gasteiger partial charge in [0.1, 0.15) is 0 Å². The summed E-state index contributed by atoms with van der Waals surface area (Å²) in [6.45, 7) is 9.20. The van der Waals surface area contributed by atoms with Crippen LogP contribution in [-0.2, 0) is 4.74 Å². The van der Waals surface area contributed by atoms with Crippen molar-refractivity contribution in [3.63, 3.8) is 0 Å². The quantitative estimate of drug-likeness (QED) is 0.656. The van der Waals surface area contributed by atoms with Gasteiger partial charge in [0.25, 0.3) is 0 Å². The van der Waals surface area contributed by atoms with Crippen LogP contribution in [0.5, 0.6) is 0 Å². The maximum atomic E-state index is 5.78. The highest BCUT2D eigenvalue weighted by Crippen LogP contribution is 2.21. The van der Waals surface area contributed by atoms with Gasteiger partial charge in [0, 0.05) is 17.1 Å². The Kier molecular flexibility index (Phi) is 5.80. The van der Waals surface area contributed by atoms with Crippen molar-refractivity contribution < 1.29 is 4.74 Å². The Morgan fingerprint density at radius 3 is 2.08 bits per heavy atom. The molecule has 0 aromatic carbocycles. The normalized spacial score (nSPS) is 17.1. The van der Waals surface area contributed by atoms with Crippen LogP contribution in [0.2, 0.25) is 0 Å². The highest BCUT2D eigenvalue weighted by atomic mass is 32.1. The zero-order valence-corrected chi connectivity index (χ0v) is 10.9. The summed E-state index contributed by atoms with van der Waals surface area (Å²) in [4.78, 5) is 0. The Balaban J connectivity index is 3.74. The number of rotatable bonds is 6. The molecule has 0 aliphatic rings. The first-order valence-corrected chi connectivity index (χ1v) is 5.88. The first kappa shape index (κ1) is 13.7. The van der Waals surface area contributed by atoms with E-state index in [1.54, 1.807) is 0 Å². The molecule has 1 unspecified atom stereocenters. The van der Waals surface area contributed by atoms with Crippen LogP contribution < -0.4 is 0 Å². The Labute approximate surface area is 93.4 Å². The molecule has 0 fully saturated rings. The molecule has 1 nitrogen and oxygen atoms in total. The molecular formula is C10H22OS2. The van der Waals surface area contributed by atoms with Gasteiger partial charge in [-0.3, -0.25) is 0 Å². The monoisotopic (exact) mass is 222 g/mol. The lowest BCUT2D eigenvalue weighted by atomic mass is 10.1. The largest absolute Gasteiger partial charge is 0.374 e. The van der Waals surface area contributed by atoms with Crippen LogP contribution in [0.4, 0.5) is 0 Å². The van der Waals surface area contributed by atoms with Gasteiger partial charge in [-0.25, -0.2) is 0 Å². The summed E-state index contributed by atoms with van der Waals surface area (Å²) < 4.78 is 5.84. The zero-order valence-electron chi connectivity index (χ0n) is 9.13. The lowest BCUT2D eigenvalue weighted by molar-refractivity contribution is -0.0189. The molecule has 3 heteroatoms. The Morgan fingerprint density at radius 1 is 1.23 bits per heavy atom. The number of hydrogen-bond acceptors (Lipinski definition) is 3. The van der Waals surface area contributed by atoms with Crippen molar-refractivity contribution in [1.29, 1.82) is 0 Å². The highest BCUT2D eigenvalue weighted by molar-refractivity contribution is 7.81. The van der Waals surface area contributed by atoms with Crippen LogP contribution in [0.25, 0.3) is 0 Å². The SMILES string of the molecule is CCC(C)(CS)OCCC(C)(C)S. The average molecular weight is 222 g/mol. The Hall–Kier alpha value is 0.660. The minimum Gasteiger partial charge on any atom is -0.374 e. The van der Waals surface area contributed by atoms with Crippen LogP contribution in [0.15, 0.2) is 0 Å². The van der Waals surface area contributed by atoms with Crippen molar-refractivity contribution in [3.8, 4) is 0 Å². The van der Waals surface area contributed by atoms with E-state index in [2.05, 4.69) is 53.0 Å². The minimum atomic E-state index is -0.0673. The first-order valence-electron chi connectivity index (χ1n) is 4.80. The molecule has 0 radical (unpaired) electrons.